The number of aromatic nitrogens is 5. The number of hydrogen-bond donors (Lipinski definition) is 0. The van der Waals surface area contributed by atoms with Gasteiger partial charge in [-0.05, 0) is 25.3 Å². The first-order valence-corrected chi connectivity index (χ1v) is 7.52. The van der Waals surface area contributed by atoms with Crippen molar-refractivity contribution in [1.82, 2.24) is 29.4 Å². The van der Waals surface area contributed by atoms with E-state index in [1.54, 1.807) is 0 Å². The normalized spacial score (nSPS) is 23.1. The average Bonchev–Trinajstić information content (AvgIpc) is 3.19. The van der Waals surface area contributed by atoms with Gasteiger partial charge in [0.2, 0.25) is 0 Å². The second kappa shape index (κ2) is 5.01. The molecule has 106 valence electrons. The molecule has 2 aliphatic rings. The molecule has 2 aromatic heterocycles. The molecule has 6 heteroatoms. The molecule has 0 aromatic carbocycles. The Balaban J connectivity index is 1.44. The van der Waals surface area contributed by atoms with Crippen molar-refractivity contribution < 1.29 is 0 Å². The Kier molecular flexibility index (Phi) is 3.03. The quantitative estimate of drug-likeness (QED) is 0.844. The van der Waals surface area contributed by atoms with Gasteiger partial charge in [-0.25, -0.2) is 0 Å². The largest absolute Gasteiger partial charge is 0.314 e. The van der Waals surface area contributed by atoms with Crippen molar-refractivity contribution in [3.05, 3.63) is 30.1 Å². The van der Waals surface area contributed by atoms with Crippen LogP contribution in [0.15, 0.2) is 18.5 Å². The first-order chi connectivity index (χ1) is 9.90. The lowest BCUT2D eigenvalue weighted by Crippen LogP contribution is -2.24. The second-order valence-corrected chi connectivity index (χ2v) is 5.80. The van der Waals surface area contributed by atoms with E-state index in [4.69, 9.17) is 0 Å². The number of aryl methyl sites for hydroxylation is 1. The van der Waals surface area contributed by atoms with Crippen molar-refractivity contribution in [1.29, 1.82) is 0 Å². The molecule has 4 heterocycles. The topological polar surface area (TPSA) is 51.8 Å². The molecule has 0 spiro atoms. The molecule has 1 unspecified atom stereocenters. The van der Waals surface area contributed by atoms with Gasteiger partial charge in [0, 0.05) is 38.4 Å². The Hall–Kier alpha value is -1.69. The first-order valence-electron chi connectivity index (χ1n) is 7.52. The summed E-state index contributed by atoms with van der Waals surface area (Å²) in [5, 5.41) is 13.1. The number of fused-ring (bicyclic) bond motifs is 1. The predicted octanol–water partition coefficient (Wildman–Crippen LogP) is 1.26. The van der Waals surface area contributed by atoms with Gasteiger partial charge in [0.25, 0.3) is 0 Å². The minimum atomic E-state index is 0.508. The highest BCUT2D eigenvalue weighted by Gasteiger charge is 2.26. The molecule has 0 amide bonds. The van der Waals surface area contributed by atoms with Crippen LogP contribution in [0, 0.1) is 0 Å². The number of likely N-dealkylation sites (tertiary alicyclic amines) is 1. The molecule has 0 bridgehead atoms. The van der Waals surface area contributed by atoms with Crippen LogP contribution in [0.25, 0.3) is 0 Å². The third-order valence-electron chi connectivity index (χ3n) is 4.45. The highest BCUT2D eigenvalue weighted by atomic mass is 15.3. The van der Waals surface area contributed by atoms with Gasteiger partial charge in [-0.2, -0.15) is 5.10 Å². The molecular weight excluding hydrogens is 252 g/mol. The van der Waals surface area contributed by atoms with Crippen LogP contribution < -0.4 is 0 Å². The zero-order valence-corrected chi connectivity index (χ0v) is 11.6. The highest BCUT2D eigenvalue weighted by Crippen LogP contribution is 2.23. The average molecular weight is 272 g/mol. The smallest absolute Gasteiger partial charge is 0.147 e. The summed E-state index contributed by atoms with van der Waals surface area (Å²) in [5.41, 5.74) is 0. The van der Waals surface area contributed by atoms with Gasteiger partial charge < -0.3 is 4.57 Å². The van der Waals surface area contributed by atoms with Crippen LogP contribution >= 0.6 is 0 Å². The minimum Gasteiger partial charge on any atom is -0.314 e. The Morgan fingerprint density at radius 1 is 1.20 bits per heavy atom. The van der Waals surface area contributed by atoms with Crippen LogP contribution in [0.2, 0.25) is 0 Å². The summed E-state index contributed by atoms with van der Waals surface area (Å²) in [6.07, 6.45) is 8.69. The number of rotatable bonds is 3. The zero-order valence-electron chi connectivity index (χ0n) is 11.6. The van der Waals surface area contributed by atoms with Crippen molar-refractivity contribution in [2.75, 3.05) is 13.1 Å². The Bertz CT molecular complexity index is 573. The molecule has 4 rings (SSSR count). The number of nitrogens with zero attached hydrogens (tertiary/aromatic N) is 6. The maximum atomic E-state index is 4.40. The summed E-state index contributed by atoms with van der Waals surface area (Å²) in [6, 6.07) is 2.51. The Morgan fingerprint density at radius 3 is 3.10 bits per heavy atom. The van der Waals surface area contributed by atoms with Gasteiger partial charge in [-0.3, -0.25) is 9.58 Å². The van der Waals surface area contributed by atoms with E-state index in [1.807, 2.05) is 12.3 Å². The zero-order chi connectivity index (χ0) is 13.4. The van der Waals surface area contributed by atoms with Crippen LogP contribution in [0.4, 0.5) is 0 Å². The molecule has 2 aliphatic heterocycles. The summed E-state index contributed by atoms with van der Waals surface area (Å²) < 4.78 is 4.41. The van der Waals surface area contributed by atoms with Gasteiger partial charge >= 0.3 is 0 Å². The third kappa shape index (κ3) is 2.14. The highest BCUT2D eigenvalue weighted by molar-refractivity contribution is 4.99. The van der Waals surface area contributed by atoms with E-state index in [9.17, 15) is 0 Å². The SMILES string of the molecule is c1cnn(C2CCN(Cc3nnc4n3CCCC4)C2)c1. The van der Waals surface area contributed by atoms with Gasteiger partial charge in [0.1, 0.15) is 11.6 Å². The van der Waals surface area contributed by atoms with Crippen LogP contribution in [0.5, 0.6) is 0 Å². The number of hydrogen-bond acceptors (Lipinski definition) is 4. The Labute approximate surface area is 118 Å². The van der Waals surface area contributed by atoms with Gasteiger partial charge in [0.15, 0.2) is 0 Å². The maximum Gasteiger partial charge on any atom is 0.147 e. The van der Waals surface area contributed by atoms with Crippen LogP contribution in [-0.4, -0.2) is 42.5 Å². The van der Waals surface area contributed by atoms with E-state index in [-0.39, 0.29) is 0 Å². The summed E-state index contributed by atoms with van der Waals surface area (Å²) in [7, 11) is 0. The molecule has 0 N–H and O–H groups in total. The van der Waals surface area contributed by atoms with E-state index in [1.165, 1.54) is 25.1 Å². The molecule has 1 saturated heterocycles. The van der Waals surface area contributed by atoms with E-state index >= 15 is 0 Å². The molecule has 6 nitrogen and oxygen atoms in total. The van der Waals surface area contributed by atoms with Gasteiger partial charge in [-0.15, -0.1) is 10.2 Å². The molecular formula is C14H20N6. The molecule has 0 aliphatic carbocycles. The fourth-order valence-electron chi connectivity index (χ4n) is 3.35. The summed E-state index contributed by atoms with van der Waals surface area (Å²) in [6.45, 7) is 4.19. The maximum absolute atomic E-state index is 4.40. The van der Waals surface area contributed by atoms with Crippen LogP contribution in [-0.2, 0) is 19.5 Å². The molecule has 20 heavy (non-hydrogen) atoms. The Morgan fingerprint density at radius 2 is 2.20 bits per heavy atom. The van der Waals surface area contributed by atoms with E-state index in [2.05, 4.69) is 35.6 Å². The van der Waals surface area contributed by atoms with Gasteiger partial charge in [-0.1, -0.05) is 0 Å². The molecule has 1 atom stereocenters. The second-order valence-electron chi connectivity index (χ2n) is 5.80. The van der Waals surface area contributed by atoms with Crippen molar-refractivity contribution in [3.63, 3.8) is 0 Å². The van der Waals surface area contributed by atoms with Crippen LogP contribution in [0.1, 0.15) is 37.0 Å². The van der Waals surface area contributed by atoms with E-state index in [0.29, 0.717) is 6.04 Å². The third-order valence-corrected chi connectivity index (χ3v) is 4.45. The fraction of sp³-hybridized carbons (Fsp3) is 0.643. The van der Waals surface area contributed by atoms with E-state index in [0.717, 1.165) is 38.4 Å². The molecule has 1 fully saturated rings. The summed E-state index contributed by atoms with van der Waals surface area (Å²) >= 11 is 0. The van der Waals surface area contributed by atoms with Crippen molar-refractivity contribution >= 4 is 0 Å². The lowest BCUT2D eigenvalue weighted by atomic mass is 10.2. The molecule has 0 radical (unpaired) electrons. The van der Waals surface area contributed by atoms with Crippen molar-refractivity contribution in [2.45, 2.75) is 44.8 Å². The lowest BCUT2D eigenvalue weighted by Gasteiger charge is -2.19. The summed E-state index contributed by atoms with van der Waals surface area (Å²) in [5.74, 6) is 2.31. The summed E-state index contributed by atoms with van der Waals surface area (Å²) in [4.78, 5) is 2.47. The lowest BCUT2D eigenvalue weighted by molar-refractivity contribution is 0.296. The monoisotopic (exact) mass is 272 g/mol. The van der Waals surface area contributed by atoms with Crippen molar-refractivity contribution in [2.24, 2.45) is 0 Å². The fourth-order valence-corrected chi connectivity index (χ4v) is 3.35. The van der Waals surface area contributed by atoms with Gasteiger partial charge in [0.05, 0.1) is 12.6 Å². The standard InChI is InChI=1S/C14H20N6/c1-2-7-19-13(4-1)16-17-14(19)11-18-9-5-12(10-18)20-8-3-6-15-20/h3,6,8,12H,1-2,4-5,7,9-11H2. The molecule has 2 aromatic rings. The van der Waals surface area contributed by atoms with E-state index < -0.39 is 0 Å². The van der Waals surface area contributed by atoms with Crippen LogP contribution in [0.3, 0.4) is 0 Å². The first kappa shape index (κ1) is 12.1. The minimum absolute atomic E-state index is 0.508. The van der Waals surface area contributed by atoms with Crippen molar-refractivity contribution in [3.8, 4) is 0 Å². The predicted molar refractivity (Wildman–Crippen MR) is 74.1 cm³/mol. The molecule has 0 saturated carbocycles.